The van der Waals surface area contributed by atoms with Crippen LogP contribution in [0.3, 0.4) is 0 Å². The van der Waals surface area contributed by atoms with E-state index in [2.05, 4.69) is 31.7 Å². The van der Waals surface area contributed by atoms with Crippen LogP contribution < -0.4 is 0 Å². The van der Waals surface area contributed by atoms with Crippen molar-refractivity contribution >= 4 is 11.6 Å². The molecule has 68 valence electrons. The molecule has 0 fully saturated rings. The minimum atomic E-state index is -0.0169. The molecule has 0 unspecified atom stereocenters. The van der Waals surface area contributed by atoms with Crippen molar-refractivity contribution in [3.63, 3.8) is 0 Å². The largest absolute Gasteiger partial charge is 0.263 e. The van der Waals surface area contributed by atoms with Crippen molar-refractivity contribution in [2.45, 2.75) is 26.2 Å². The summed E-state index contributed by atoms with van der Waals surface area (Å²) in [5.74, 6) is 2.51. The summed E-state index contributed by atoms with van der Waals surface area (Å²) in [4.78, 5) is 4.06. The number of hydrogen-bond acceptors (Lipinski definition) is 1. The summed E-state index contributed by atoms with van der Waals surface area (Å²) < 4.78 is 0. The van der Waals surface area contributed by atoms with Gasteiger partial charge < -0.3 is 0 Å². The highest BCUT2D eigenvalue weighted by atomic mass is 35.5. The zero-order valence-electron chi connectivity index (χ0n) is 8.06. The van der Waals surface area contributed by atoms with Crippen molar-refractivity contribution in [3.8, 4) is 12.3 Å². The average Bonchev–Trinajstić information content (AvgIpc) is 2.02. The minimum absolute atomic E-state index is 0.0169. The predicted octanol–water partition coefficient (Wildman–Crippen LogP) is 3.01. The number of pyridine rings is 1. The third-order valence-electron chi connectivity index (χ3n) is 1.84. The molecule has 2 heteroatoms. The Hall–Kier alpha value is -1.00. The molecule has 0 N–H and O–H groups in total. The summed E-state index contributed by atoms with van der Waals surface area (Å²) in [6.07, 6.45) is 8.66. The quantitative estimate of drug-likeness (QED) is 0.578. The predicted molar refractivity (Wildman–Crippen MR) is 55.9 cm³/mol. The molecule has 0 saturated heterocycles. The van der Waals surface area contributed by atoms with Gasteiger partial charge in [-0.3, -0.25) is 4.98 Å². The normalized spacial score (nSPS) is 11.0. The summed E-state index contributed by atoms with van der Waals surface area (Å²) >= 11 is 6.11. The first kappa shape index (κ1) is 10.1. The van der Waals surface area contributed by atoms with Crippen LogP contribution in [0.25, 0.3) is 0 Å². The lowest BCUT2D eigenvalue weighted by atomic mass is 9.87. The second-order valence-corrected chi connectivity index (χ2v) is 4.32. The van der Waals surface area contributed by atoms with Gasteiger partial charge in [-0.15, -0.1) is 6.42 Å². The molecule has 0 saturated carbocycles. The maximum absolute atomic E-state index is 6.11. The van der Waals surface area contributed by atoms with Crippen molar-refractivity contribution in [2.75, 3.05) is 0 Å². The van der Waals surface area contributed by atoms with Gasteiger partial charge >= 0.3 is 0 Å². The van der Waals surface area contributed by atoms with E-state index in [1.807, 2.05) is 0 Å². The molecular weight excluding hydrogens is 182 g/mol. The van der Waals surface area contributed by atoms with Gasteiger partial charge in [0.2, 0.25) is 0 Å². The molecule has 1 aromatic rings. The fourth-order valence-corrected chi connectivity index (χ4v) is 1.50. The van der Waals surface area contributed by atoms with E-state index in [9.17, 15) is 0 Å². The first-order chi connectivity index (χ1) is 5.96. The monoisotopic (exact) mass is 193 g/mol. The Morgan fingerprint density at radius 3 is 2.46 bits per heavy atom. The fourth-order valence-electron chi connectivity index (χ4n) is 1.07. The van der Waals surface area contributed by atoms with Crippen molar-refractivity contribution in [3.05, 3.63) is 28.5 Å². The lowest BCUT2D eigenvalue weighted by Crippen LogP contribution is -2.12. The van der Waals surface area contributed by atoms with E-state index < -0.39 is 0 Å². The molecule has 0 spiro atoms. The van der Waals surface area contributed by atoms with Crippen LogP contribution in [0.1, 0.15) is 31.9 Å². The first-order valence-corrected chi connectivity index (χ1v) is 4.45. The van der Waals surface area contributed by atoms with Gasteiger partial charge in [-0.1, -0.05) is 38.3 Å². The van der Waals surface area contributed by atoms with Crippen LogP contribution in [0.5, 0.6) is 0 Å². The molecule has 0 aliphatic rings. The Balaban J connectivity index is 3.34. The maximum Gasteiger partial charge on any atom is 0.0630 e. The van der Waals surface area contributed by atoms with E-state index in [-0.39, 0.29) is 5.41 Å². The van der Waals surface area contributed by atoms with E-state index in [4.69, 9.17) is 18.0 Å². The second kappa shape index (κ2) is 3.40. The Kier molecular flexibility index (Phi) is 2.63. The highest BCUT2D eigenvalue weighted by Gasteiger charge is 2.18. The van der Waals surface area contributed by atoms with E-state index in [1.54, 1.807) is 12.4 Å². The number of nitrogens with zero attached hydrogens (tertiary/aromatic N) is 1. The molecule has 0 bridgehead atoms. The van der Waals surface area contributed by atoms with Gasteiger partial charge in [0.1, 0.15) is 0 Å². The number of aromatic nitrogens is 1. The second-order valence-electron chi connectivity index (χ2n) is 3.94. The molecule has 0 amide bonds. The first-order valence-electron chi connectivity index (χ1n) is 4.07. The lowest BCUT2D eigenvalue weighted by Gasteiger charge is -2.20. The molecule has 1 nitrogen and oxygen atoms in total. The third kappa shape index (κ3) is 2.02. The number of rotatable bonds is 0. The number of halogens is 1. The van der Waals surface area contributed by atoms with Crippen molar-refractivity contribution in [1.29, 1.82) is 0 Å². The third-order valence-corrected chi connectivity index (χ3v) is 2.25. The zero-order chi connectivity index (χ0) is 10.1. The van der Waals surface area contributed by atoms with Crippen LogP contribution in [-0.4, -0.2) is 4.98 Å². The highest BCUT2D eigenvalue weighted by Crippen LogP contribution is 2.30. The Morgan fingerprint density at radius 2 is 2.00 bits per heavy atom. The molecule has 0 aliphatic heterocycles. The van der Waals surface area contributed by atoms with Crippen LogP contribution in [-0.2, 0) is 5.41 Å². The summed E-state index contributed by atoms with van der Waals surface area (Å²) in [6.45, 7) is 6.24. The Labute approximate surface area is 84.1 Å². The van der Waals surface area contributed by atoms with Crippen molar-refractivity contribution < 1.29 is 0 Å². The molecule has 1 heterocycles. The summed E-state index contributed by atoms with van der Waals surface area (Å²) in [6, 6.07) is 0. The number of terminal acetylenes is 1. The smallest absolute Gasteiger partial charge is 0.0630 e. The van der Waals surface area contributed by atoms with E-state index >= 15 is 0 Å². The van der Waals surface area contributed by atoms with Crippen molar-refractivity contribution in [2.24, 2.45) is 0 Å². The molecule has 13 heavy (non-hydrogen) atoms. The van der Waals surface area contributed by atoms with Gasteiger partial charge in [0, 0.05) is 12.4 Å². The standard InChI is InChI=1S/C11H12ClN/c1-5-8-6-13-7-9(10(8)12)11(2,3)4/h1,6-7H,2-4H3. The van der Waals surface area contributed by atoms with E-state index in [0.29, 0.717) is 10.6 Å². The van der Waals surface area contributed by atoms with Gasteiger partial charge in [-0.05, 0) is 11.0 Å². The van der Waals surface area contributed by atoms with Crippen LogP contribution in [0, 0.1) is 12.3 Å². The van der Waals surface area contributed by atoms with Gasteiger partial charge in [0.15, 0.2) is 0 Å². The summed E-state index contributed by atoms with van der Waals surface area (Å²) in [7, 11) is 0. The van der Waals surface area contributed by atoms with E-state index in [0.717, 1.165) is 5.56 Å². The zero-order valence-corrected chi connectivity index (χ0v) is 8.81. The molecule has 1 aromatic heterocycles. The summed E-state index contributed by atoms with van der Waals surface area (Å²) in [5, 5.41) is 0.644. The van der Waals surface area contributed by atoms with Crippen LogP contribution in [0.2, 0.25) is 5.02 Å². The molecular formula is C11H12ClN. The minimum Gasteiger partial charge on any atom is -0.263 e. The Morgan fingerprint density at radius 1 is 1.38 bits per heavy atom. The topological polar surface area (TPSA) is 12.9 Å². The number of hydrogen-bond donors (Lipinski definition) is 0. The van der Waals surface area contributed by atoms with Gasteiger partial charge in [0.05, 0.1) is 10.6 Å². The Bertz CT molecular complexity index is 355. The van der Waals surface area contributed by atoms with Gasteiger partial charge in [0.25, 0.3) is 0 Å². The average molecular weight is 194 g/mol. The molecule has 0 radical (unpaired) electrons. The molecule has 1 rings (SSSR count). The lowest BCUT2D eigenvalue weighted by molar-refractivity contribution is 0.587. The van der Waals surface area contributed by atoms with Crippen LogP contribution >= 0.6 is 11.6 Å². The fraction of sp³-hybridized carbons (Fsp3) is 0.364. The van der Waals surface area contributed by atoms with Crippen LogP contribution in [0.15, 0.2) is 12.4 Å². The molecule has 0 aliphatic carbocycles. The summed E-state index contributed by atoms with van der Waals surface area (Å²) in [5.41, 5.74) is 1.63. The SMILES string of the molecule is C#Cc1cncc(C(C)(C)C)c1Cl. The maximum atomic E-state index is 6.11. The highest BCUT2D eigenvalue weighted by molar-refractivity contribution is 6.32. The van der Waals surface area contributed by atoms with Gasteiger partial charge in [-0.25, -0.2) is 0 Å². The molecule has 0 atom stereocenters. The van der Waals surface area contributed by atoms with E-state index in [1.165, 1.54) is 0 Å². The molecule has 0 aromatic carbocycles. The van der Waals surface area contributed by atoms with Gasteiger partial charge in [-0.2, -0.15) is 0 Å². The van der Waals surface area contributed by atoms with Crippen molar-refractivity contribution in [1.82, 2.24) is 4.98 Å². The van der Waals surface area contributed by atoms with Crippen LogP contribution in [0.4, 0.5) is 0 Å².